The maximum Gasteiger partial charge on any atom is 0.180 e. The Morgan fingerprint density at radius 3 is 2.75 bits per heavy atom. The van der Waals surface area contributed by atoms with Crippen molar-refractivity contribution >= 4 is 33.2 Å². The molecule has 1 aromatic heterocycles. The van der Waals surface area contributed by atoms with Gasteiger partial charge in [0.05, 0.1) is 5.69 Å². The predicted molar refractivity (Wildman–Crippen MR) is 80.7 cm³/mol. The van der Waals surface area contributed by atoms with Crippen LogP contribution >= 0.6 is 27.5 Å². The number of halogens is 2. The van der Waals surface area contributed by atoms with E-state index in [-0.39, 0.29) is 23.4 Å². The highest BCUT2D eigenvalue weighted by Crippen LogP contribution is 2.27. The lowest BCUT2D eigenvalue weighted by Crippen LogP contribution is -2.17. The van der Waals surface area contributed by atoms with Crippen LogP contribution in [0.3, 0.4) is 0 Å². The monoisotopic (exact) mass is 356 g/mol. The van der Waals surface area contributed by atoms with E-state index >= 15 is 0 Å². The molecule has 0 amide bonds. The molecule has 0 radical (unpaired) electrons. The average Bonchev–Trinajstić information content (AvgIpc) is 2.82. The van der Waals surface area contributed by atoms with Crippen LogP contribution in [0.1, 0.15) is 41.7 Å². The van der Waals surface area contributed by atoms with E-state index in [0.29, 0.717) is 16.1 Å². The standard InChI is InChI=1S/C14H14BrFN2OS/c1-14(2,3)13-12(20-18-17-13)11(19)7-8-6-9(15)4-5-10(8)16/h4-6H,7H2,1-3H3. The van der Waals surface area contributed by atoms with Crippen molar-refractivity contribution in [2.75, 3.05) is 0 Å². The summed E-state index contributed by atoms with van der Waals surface area (Å²) in [5.74, 6) is -0.529. The maximum atomic E-state index is 13.7. The largest absolute Gasteiger partial charge is 0.293 e. The summed E-state index contributed by atoms with van der Waals surface area (Å²) >= 11 is 4.35. The highest BCUT2D eigenvalue weighted by Gasteiger charge is 2.26. The number of rotatable bonds is 3. The zero-order chi connectivity index (χ0) is 14.9. The molecule has 20 heavy (non-hydrogen) atoms. The van der Waals surface area contributed by atoms with Crippen LogP contribution in [0.15, 0.2) is 22.7 Å². The third-order valence-electron chi connectivity index (χ3n) is 2.81. The van der Waals surface area contributed by atoms with Gasteiger partial charge in [-0.3, -0.25) is 4.79 Å². The van der Waals surface area contributed by atoms with Gasteiger partial charge >= 0.3 is 0 Å². The van der Waals surface area contributed by atoms with Gasteiger partial charge in [-0.15, -0.1) is 5.10 Å². The van der Waals surface area contributed by atoms with Crippen LogP contribution in [0, 0.1) is 5.82 Å². The molecule has 0 N–H and O–H groups in total. The van der Waals surface area contributed by atoms with Crippen molar-refractivity contribution in [3.63, 3.8) is 0 Å². The fourth-order valence-electron chi connectivity index (χ4n) is 1.80. The topological polar surface area (TPSA) is 42.9 Å². The SMILES string of the molecule is CC(C)(C)c1nnsc1C(=O)Cc1cc(Br)ccc1F. The Morgan fingerprint density at radius 2 is 2.10 bits per heavy atom. The molecular weight excluding hydrogens is 343 g/mol. The average molecular weight is 357 g/mol. The van der Waals surface area contributed by atoms with Crippen LogP contribution in [0.25, 0.3) is 0 Å². The van der Waals surface area contributed by atoms with Gasteiger partial charge in [-0.2, -0.15) is 0 Å². The van der Waals surface area contributed by atoms with Gasteiger partial charge in [0.1, 0.15) is 10.7 Å². The first-order chi connectivity index (χ1) is 9.29. The molecular formula is C14H14BrFN2OS. The molecule has 0 atom stereocenters. The molecule has 2 rings (SSSR count). The first kappa shape index (κ1) is 15.3. The molecule has 0 bridgehead atoms. The van der Waals surface area contributed by atoms with E-state index < -0.39 is 0 Å². The lowest BCUT2D eigenvalue weighted by molar-refractivity contribution is 0.0993. The van der Waals surface area contributed by atoms with Crippen LogP contribution in [-0.2, 0) is 11.8 Å². The Hall–Kier alpha value is -1.14. The summed E-state index contributed by atoms with van der Waals surface area (Å²) in [7, 11) is 0. The molecule has 0 saturated carbocycles. The van der Waals surface area contributed by atoms with E-state index in [9.17, 15) is 9.18 Å². The molecule has 3 nitrogen and oxygen atoms in total. The highest BCUT2D eigenvalue weighted by molar-refractivity contribution is 9.10. The van der Waals surface area contributed by atoms with Crippen LogP contribution < -0.4 is 0 Å². The van der Waals surface area contributed by atoms with Crippen LogP contribution in [-0.4, -0.2) is 15.4 Å². The van der Waals surface area contributed by atoms with Crippen molar-refractivity contribution in [3.05, 3.63) is 44.6 Å². The van der Waals surface area contributed by atoms with Crippen LogP contribution in [0.4, 0.5) is 4.39 Å². The summed E-state index contributed by atoms with van der Waals surface area (Å²) < 4.78 is 18.3. The van der Waals surface area contributed by atoms with Crippen LogP contribution in [0.2, 0.25) is 0 Å². The summed E-state index contributed by atoms with van der Waals surface area (Å²) in [4.78, 5) is 12.9. The third-order valence-corrected chi connectivity index (χ3v) is 4.07. The van der Waals surface area contributed by atoms with Crippen molar-refractivity contribution in [2.24, 2.45) is 0 Å². The molecule has 1 heterocycles. The van der Waals surface area contributed by atoms with Gasteiger partial charge in [0, 0.05) is 16.3 Å². The number of hydrogen-bond acceptors (Lipinski definition) is 4. The molecule has 0 aliphatic heterocycles. The second kappa shape index (κ2) is 5.69. The molecule has 0 aliphatic carbocycles. The zero-order valence-electron chi connectivity index (χ0n) is 11.4. The number of benzene rings is 1. The smallest absolute Gasteiger partial charge is 0.180 e. The minimum atomic E-state index is -0.378. The molecule has 0 saturated heterocycles. The molecule has 1 aromatic carbocycles. The Labute approximate surface area is 129 Å². The Balaban J connectivity index is 2.30. The molecule has 6 heteroatoms. The van der Waals surface area contributed by atoms with Crippen molar-refractivity contribution in [1.29, 1.82) is 0 Å². The van der Waals surface area contributed by atoms with E-state index in [1.165, 1.54) is 6.07 Å². The van der Waals surface area contributed by atoms with Gasteiger partial charge in [-0.05, 0) is 35.3 Å². The second-order valence-corrected chi connectivity index (χ2v) is 7.21. The highest BCUT2D eigenvalue weighted by atomic mass is 79.9. The Morgan fingerprint density at radius 1 is 1.40 bits per heavy atom. The number of Topliss-reactive ketones (excluding diaryl/α,β-unsaturated/α-hetero) is 1. The summed E-state index contributed by atoms with van der Waals surface area (Å²) in [5.41, 5.74) is 0.786. The van der Waals surface area contributed by atoms with E-state index in [2.05, 4.69) is 25.5 Å². The first-order valence-corrected chi connectivity index (χ1v) is 7.65. The van der Waals surface area contributed by atoms with Crippen LogP contribution in [0.5, 0.6) is 0 Å². The van der Waals surface area contributed by atoms with Gasteiger partial charge in [0.25, 0.3) is 0 Å². The zero-order valence-corrected chi connectivity index (χ0v) is 13.8. The summed E-state index contributed by atoms with van der Waals surface area (Å²) in [6.07, 6.45) is 0.0121. The lowest BCUT2D eigenvalue weighted by Gasteiger charge is -2.16. The van der Waals surface area contributed by atoms with E-state index in [1.54, 1.807) is 12.1 Å². The fourth-order valence-corrected chi connectivity index (χ4v) is 3.02. The lowest BCUT2D eigenvalue weighted by atomic mass is 9.90. The number of carbonyl (C=O) groups is 1. The first-order valence-electron chi connectivity index (χ1n) is 6.09. The third kappa shape index (κ3) is 3.30. The minimum absolute atomic E-state index is 0.0121. The fraction of sp³-hybridized carbons (Fsp3) is 0.357. The normalized spacial score (nSPS) is 11.7. The van der Waals surface area contributed by atoms with Gasteiger partial charge in [0.2, 0.25) is 0 Å². The number of carbonyl (C=O) groups excluding carboxylic acids is 1. The van der Waals surface area contributed by atoms with Crippen molar-refractivity contribution in [2.45, 2.75) is 32.6 Å². The van der Waals surface area contributed by atoms with Crippen molar-refractivity contribution in [3.8, 4) is 0 Å². The Kier molecular flexibility index (Phi) is 4.34. The number of hydrogen-bond donors (Lipinski definition) is 0. The summed E-state index contributed by atoms with van der Waals surface area (Å²) in [6.45, 7) is 5.92. The van der Waals surface area contributed by atoms with Gasteiger partial charge < -0.3 is 0 Å². The molecule has 0 fully saturated rings. The van der Waals surface area contributed by atoms with Crippen molar-refractivity contribution < 1.29 is 9.18 Å². The second-order valence-electron chi connectivity index (χ2n) is 5.54. The molecule has 2 aromatic rings. The summed E-state index contributed by atoms with van der Waals surface area (Å²) in [5, 5.41) is 4.03. The molecule has 0 aliphatic rings. The summed E-state index contributed by atoms with van der Waals surface area (Å²) in [6, 6.07) is 4.58. The minimum Gasteiger partial charge on any atom is -0.293 e. The van der Waals surface area contributed by atoms with E-state index in [0.717, 1.165) is 16.0 Å². The number of aromatic nitrogens is 2. The van der Waals surface area contributed by atoms with Gasteiger partial charge in [-0.1, -0.05) is 41.2 Å². The molecule has 106 valence electrons. The van der Waals surface area contributed by atoms with E-state index in [4.69, 9.17) is 0 Å². The Bertz CT molecular complexity index is 649. The van der Waals surface area contributed by atoms with E-state index in [1.807, 2.05) is 20.8 Å². The number of nitrogens with zero attached hydrogens (tertiary/aromatic N) is 2. The molecule has 0 unspecified atom stereocenters. The van der Waals surface area contributed by atoms with Gasteiger partial charge in [0.15, 0.2) is 5.78 Å². The van der Waals surface area contributed by atoms with Gasteiger partial charge in [-0.25, -0.2) is 4.39 Å². The van der Waals surface area contributed by atoms with Crippen molar-refractivity contribution in [1.82, 2.24) is 9.59 Å². The maximum absolute atomic E-state index is 13.7. The predicted octanol–water partition coefficient (Wildman–Crippen LogP) is 4.16. The molecule has 0 spiro atoms. The number of ketones is 1. The quantitative estimate of drug-likeness (QED) is 0.775.